The summed E-state index contributed by atoms with van der Waals surface area (Å²) < 4.78 is 3.53. The first-order valence-corrected chi connectivity index (χ1v) is 10.7. The lowest BCUT2D eigenvalue weighted by Crippen LogP contribution is -2.41. The summed E-state index contributed by atoms with van der Waals surface area (Å²) >= 11 is 0. The fraction of sp³-hybridized carbons (Fsp3) is 0.375. The lowest BCUT2D eigenvalue weighted by atomic mass is 10.0. The monoisotopic (exact) mass is 421 g/mol. The molecule has 3 rings (SSSR count). The summed E-state index contributed by atoms with van der Waals surface area (Å²) in [6.07, 6.45) is 3.20. The lowest BCUT2D eigenvalue weighted by Gasteiger charge is -2.29. The van der Waals surface area contributed by atoms with Gasteiger partial charge in [0, 0.05) is 39.4 Å². The molecule has 0 bridgehead atoms. The van der Waals surface area contributed by atoms with Crippen molar-refractivity contribution in [2.24, 2.45) is 7.05 Å². The van der Waals surface area contributed by atoms with Crippen LogP contribution in [0.15, 0.2) is 54.7 Å². The predicted molar refractivity (Wildman–Crippen MR) is 121 cm³/mol. The van der Waals surface area contributed by atoms with Gasteiger partial charge >= 0.3 is 0 Å². The third-order valence-corrected chi connectivity index (χ3v) is 5.54. The van der Waals surface area contributed by atoms with E-state index in [2.05, 4.69) is 22.5 Å². The van der Waals surface area contributed by atoms with Gasteiger partial charge in [0.15, 0.2) is 0 Å². The van der Waals surface area contributed by atoms with Crippen LogP contribution in [0.4, 0.5) is 0 Å². The van der Waals surface area contributed by atoms with Crippen LogP contribution in [0.1, 0.15) is 45.6 Å². The molecule has 0 saturated heterocycles. The molecule has 0 aliphatic carbocycles. The largest absolute Gasteiger partial charge is 0.351 e. The van der Waals surface area contributed by atoms with Gasteiger partial charge in [-0.2, -0.15) is 5.10 Å². The fourth-order valence-corrected chi connectivity index (χ4v) is 3.76. The van der Waals surface area contributed by atoms with Crippen LogP contribution in [0.25, 0.3) is 0 Å². The van der Waals surface area contributed by atoms with Crippen molar-refractivity contribution >= 4 is 11.8 Å². The van der Waals surface area contributed by atoms with E-state index in [0.29, 0.717) is 37.3 Å². The maximum absolute atomic E-state index is 13.3. The number of nitrogens with one attached hydrogen (secondary N) is 1. The Morgan fingerprint density at radius 1 is 1.13 bits per heavy atom. The molecule has 7 nitrogen and oxygen atoms in total. The van der Waals surface area contributed by atoms with Gasteiger partial charge in [-0.3, -0.25) is 14.3 Å². The van der Waals surface area contributed by atoms with Crippen molar-refractivity contribution in [3.05, 3.63) is 77.4 Å². The molecule has 0 spiro atoms. The smallest absolute Gasteiger partial charge is 0.272 e. The second-order valence-electron chi connectivity index (χ2n) is 7.80. The zero-order valence-corrected chi connectivity index (χ0v) is 18.7. The van der Waals surface area contributed by atoms with Gasteiger partial charge in [0.25, 0.3) is 11.8 Å². The highest BCUT2D eigenvalue weighted by Crippen LogP contribution is 2.15. The van der Waals surface area contributed by atoms with Crippen LogP contribution in [0.5, 0.6) is 0 Å². The topological polar surface area (TPSA) is 72.2 Å². The molecule has 1 aromatic carbocycles. The maximum Gasteiger partial charge on any atom is 0.272 e. The highest BCUT2D eigenvalue weighted by atomic mass is 16.2. The van der Waals surface area contributed by atoms with E-state index in [4.69, 9.17) is 0 Å². The first-order valence-electron chi connectivity index (χ1n) is 10.7. The van der Waals surface area contributed by atoms with E-state index in [1.165, 1.54) is 0 Å². The first kappa shape index (κ1) is 22.3. The molecule has 2 amide bonds. The number of nitrogens with zero attached hydrogens (tertiary/aromatic N) is 4. The molecule has 1 N–H and O–H groups in total. The van der Waals surface area contributed by atoms with Gasteiger partial charge in [0.05, 0.1) is 5.69 Å². The Balaban J connectivity index is 1.73. The molecule has 2 aromatic heterocycles. The summed E-state index contributed by atoms with van der Waals surface area (Å²) in [7, 11) is 3.68. The van der Waals surface area contributed by atoms with Crippen LogP contribution in [-0.2, 0) is 20.0 Å². The Hall–Kier alpha value is -3.35. The summed E-state index contributed by atoms with van der Waals surface area (Å²) in [6, 6.07) is 15.5. The van der Waals surface area contributed by atoms with E-state index in [0.717, 1.165) is 11.3 Å². The van der Waals surface area contributed by atoms with Crippen molar-refractivity contribution in [1.82, 2.24) is 24.6 Å². The van der Waals surface area contributed by atoms with Crippen molar-refractivity contribution in [3.8, 4) is 0 Å². The molecule has 7 heteroatoms. The molecular formula is C24H31N5O2. The van der Waals surface area contributed by atoms with Gasteiger partial charge in [-0.05, 0) is 50.5 Å². The van der Waals surface area contributed by atoms with E-state index in [-0.39, 0.29) is 17.9 Å². The second kappa shape index (κ2) is 10.1. The van der Waals surface area contributed by atoms with Gasteiger partial charge < -0.3 is 14.8 Å². The Morgan fingerprint density at radius 2 is 1.87 bits per heavy atom. The molecule has 0 unspecified atom stereocenters. The Bertz CT molecular complexity index is 1020. The number of likely N-dealkylation sites (N-methyl/N-ethyl adjacent to an activating group) is 1. The molecule has 3 aromatic rings. The molecule has 0 aliphatic rings. The van der Waals surface area contributed by atoms with E-state index in [9.17, 15) is 9.59 Å². The third-order valence-electron chi connectivity index (χ3n) is 5.54. The number of hydrogen-bond acceptors (Lipinski definition) is 3. The first-order chi connectivity index (χ1) is 14.9. The quantitative estimate of drug-likeness (QED) is 0.577. The highest BCUT2D eigenvalue weighted by Gasteiger charge is 2.24. The molecular weight excluding hydrogens is 390 g/mol. The van der Waals surface area contributed by atoms with Crippen molar-refractivity contribution < 1.29 is 9.59 Å². The minimum atomic E-state index is -0.111. The standard InChI is InChI=1S/C24H31N5O2/c1-5-29-22(16-18(2)26-29)24(31)28(4)20(17-19-10-7-6-8-11-19)13-14-25-23(30)21-12-9-15-27(21)3/h6-12,15-16,20H,5,13-14,17H2,1-4H3,(H,25,30)/t20-/m1/s1. The number of aromatic nitrogens is 3. The Kier molecular flexibility index (Phi) is 7.28. The van der Waals surface area contributed by atoms with Crippen LogP contribution >= 0.6 is 0 Å². The minimum absolute atomic E-state index is 0.0582. The van der Waals surface area contributed by atoms with Crippen LogP contribution in [0.2, 0.25) is 0 Å². The van der Waals surface area contributed by atoms with E-state index >= 15 is 0 Å². The van der Waals surface area contributed by atoms with Crippen molar-refractivity contribution in [2.75, 3.05) is 13.6 Å². The van der Waals surface area contributed by atoms with Crippen molar-refractivity contribution in [1.29, 1.82) is 0 Å². The SMILES string of the molecule is CCn1nc(C)cc1C(=O)N(C)[C@H](CCNC(=O)c1cccn1C)Cc1ccccc1. The minimum Gasteiger partial charge on any atom is -0.351 e. The number of carbonyl (C=O) groups excluding carboxylic acids is 2. The summed E-state index contributed by atoms with van der Waals surface area (Å²) in [5.41, 5.74) is 3.19. The number of carbonyl (C=O) groups is 2. The summed E-state index contributed by atoms with van der Waals surface area (Å²) in [5, 5.41) is 7.39. The molecule has 0 saturated carbocycles. The zero-order chi connectivity index (χ0) is 22.4. The number of amides is 2. The van der Waals surface area contributed by atoms with Gasteiger partial charge in [0.2, 0.25) is 0 Å². The van der Waals surface area contributed by atoms with Crippen molar-refractivity contribution in [2.45, 2.75) is 39.3 Å². The van der Waals surface area contributed by atoms with E-state index in [1.807, 2.05) is 64.5 Å². The normalized spacial score (nSPS) is 11.9. The van der Waals surface area contributed by atoms with Crippen LogP contribution in [-0.4, -0.2) is 50.7 Å². The fourth-order valence-electron chi connectivity index (χ4n) is 3.76. The molecule has 0 radical (unpaired) electrons. The average Bonchev–Trinajstić information content (AvgIpc) is 3.37. The van der Waals surface area contributed by atoms with Crippen LogP contribution < -0.4 is 5.32 Å². The maximum atomic E-state index is 13.3. The molecule has 164 valence electrons. The molecule has 0 fully saturated rings. The van der Waals surface area contributed by atoms with E-state index < -0.39 is 0 Å². The van der Waals surface area contributed by atoms with Gasteiger partial charge in [-0.15, -0.1) is 0 Å². The Labute approximate surface area is 183 Å². The van der Waals surface area contributed by atoms with Crippen molar-refractivity contribution in [3.63, 3.8) is 0 Å². The summed E-state index contributed by atoms with van der Waals surface area (Å²) in [4.78, 5) is 27.5. The highest BCUT2D eigenvalue weighted by molar-refractivity contribution is 5.93. The van der Waals surface area contributed by atoms with Gasteiger partial charge in [-0.25, -0.2) is 0 Å². The zero-order valence-electron chi connectivity index (χ0n) is 18.7. The predicted octanol–water partition coefficient (Wildman–Crippen LogP) is 3.05. The number of benzene rings is 1. The van der Waals surface area contributed by atoms with Gasteiger partial charge in [0.1, 0.15) is 11.4 Å². The summed E-state index contributed by atoms with van der Waals surface area (Å²) in [5.74, 6) is -0.170. The lowest BCUT2D eigenvalue weighted by molar-refractivity contribution is 0.0710. The van der Waals surface area contributed by atoms with Crippen LogP contribution in [0.3, 0.4) is 0 Å². The molecule has 2 heterocycles. The number of aryl methyl sites for hydroxylation is 3. The Morgan fingerprint density at radius 3 is 2.52 bits per heavy atom. The average molecular weight is 422 g/mol. The second-order valence-corrected chi connectivity index (χ2v) is 7.80. The number of hydrogen-bond donors (Lipinski definition) is 1. The number of rotatable bonds is 9. The van der Waals surface area contributed by atoms with Gasteiger partial charge in [-0.1, -0.05) is 30.3 Å². The molecule has 1 atom stereocenters. The van der Waals surface area contributed by atoms with E-state index in [1.54, 1.807) is 20.2 Å². The summed E-state index contributed by atoms with van der Waals surface area (Å²) in [6.45, 7) is 4.98. The third kappa shape index (κ3) is 5.42. The van der Waals surface area contributed by atoms with Crippen LogP contribution in [0, 0.1) is 6.92 Å². The molecule has 31 heavy (non-hydrogen) atoms. The molecule has 0 aliphatic heterocycles.